The van der Waals surface area contributed by atoms with Crippen LogP contribution < -0.4 is 15.5 Å². The van der Waals surface area contributed by atoms with Crippen molar-refractivity contribution in [2.45, 2.75) is 57.4 Å². The maximum absolute atomic E-state index is 12.2. The number of carbonyl (C=O) groups is 1. The molecule has 1 aromatic heterocycles. The van der Waals surface area contributed by atoms with Crippen LogP contribution in [0.5, 0.6) is 0 Å². The molecule has 3 rings (SSSR count). The summed E-state index contributed by atoms with van der Waals surface area (Å²) < 4.78 is 5.53. The van der Waals surface area contributed by atoms with Gasteiger partial charge in [-0.1, -0.05) is 0 Å². The van der Waals surface area contributed by atoms with E-state index in [1.807, 2.05) is 24.3 Å². The van der Waals surface area contributed by atoms with Crippen molar-refractivity contribution in [1.82, 2.24) is 15.3 Å². The van der Waals surface area contributed by atoms with Crippen LogP contribution >= 0.6 is 11.8 Å². The lowest BCUT2D eigenvalue weighted by Crippen LogP contribution is -2.53. The van der Waals surface area contributed by atoms with E-state index in [4.69, 9.17) is 14.7 Å². The molecule has 0 bridgehead atoms. The monoisotopic (exact) mass is 487 g/mol. The lowest BCUT2D eigenvalue weighted by atomic mass is 10.0. The van der Waals surface area contributed by atoms with Crippen LogP contribution in [0, 0.1) is 0 Å². The van der Waals surface area contributed by atoms with Gasteiger partial charge in [-0.15, -0.1) is 0 Å². The van der Waals surface area contributed by atoms with E-state index in [-0.39, 0.29) is 22.9 Å². The molecule has 1 aliphatic rings. The van der Waals surface area contributed by atoms with Crippen LogP contribution in [-0.2, 0) is 9.48 Å². The Balaban J connectivity index is 1.92. The molecule has 1 saturated heterocycles. The van der Waals surface area contributed by atoms with Crippen molar-refractivity contribution in [2.24, 2.45) is 0 Å². The van der Waals surface area contributed by atoms with Crippen LogP contribution in [-0.4, -0.2) is 64.8 Å². The summed E-state index contributed by atoms with van der Waals surface area (Å²) in [7, 11) is 0. The molecule has 186 valence electrons. The zero-order valence-electron chi connectivity index (χ0n) is 21.2. The summed E-state index contributed by atoms with van der Waals surface area (Å²) in [5.41, 5.74) is 1.60. The van der Waals surface area contributed by atoms with Gasteiger partial charge >= 0.3 is 6.03 Å². The van der Waals surface area contributed by atoms with Gasteiger partial charge in [0.1, 0.15) is 5.82 Å². The number of amides is 2. The molecule has 1 aromatic carbocycles. The summed E-state index contributed by atoms with van der Waals surface area (Å²) in [6.07, 6.45) is 2.09. The summed E-state index contributed by atoms with van der Waals surface area (Å²) in [5.74, 6) is 1.54. The van der Waals surface area contributed by atoms with Gasteiger partial charge in [-0.3, -0.25) is 0 Å². The van der Waals surface area contributed by atoms with Crippen molar-refractivity contribution < 1.29 is 14.6 Å². The Morgan fingerprint density at radius 1 is 1.21 bits per heavy atom. The molecule has 0 unspecified atom stereocenters. The zero-order valence-corrected chi connectivity index (χ0v) is 22.0. The Bertz CT molecular complexity index is 1010. The van der Waals surface area contributed by atoms with Crippen molar-refractivity contribution in [3.8, 4) is 11.4 Å². The fraction of sp³-hybridized carbons (Fsp3) is 0.560. The minimum absolute atomic E-state index is 0.151. The van der Waals surface area contributed by atoms with Crippen LogP contribution in [0.2, 0.25) is 0 Å². The van der Waals surface area contributed by atoms with E-state index in [1.54, 1.807) is 25.6 Å². The van der Waals surface area contributed by atoms with Crippen LogP contribution in [0.4, 0.5) is 16.3 Å². The first-order chi connectivity index (χ1) is 15.9. The molecule has 3 N–H and O–H groups in total. The van der Waals surface area contributed by atoms with Gasteiger partial charge in [0.05, 0.1) is 41.3 Å². The van der Waals surface area contributed by atoms with E-state index in [2.05, 4.69) is 55.6 Å². The van der Waals surface area contributed by atoms with Crippen LogP contribution in [0.25, 0.3) is 11.4 Å². The molecule has 0 saturated carbocycles. The number of rotatable bonds is 7. The summed E-state index contributed by atoms with van der Waals surface area (Å²) in [6, 6.07) is 9.20. The number of carbonyl (C=O) groups excluding carboxylic acids is 1. The average Bonchev–Trinajstić information content (AvgIpc) is 2.78. The van der Waals surface area contributed by atoms with E-state index in [0.717, 1.165) is 23.6 Å². The van der Waals surface area contributed by atoms with Gasteiger partial charge in [0.15, 0.2) is 5.82 Å². The molecule has 34 heavy (non-hydrogen) atoms. The summed E-state index contributed by atoms with van der Waals surface area (Å²) >= 11 is 1.75. The number of ether oxygens (including phenoxy) is 1. The van der Waals surface area contributed by atoms with E-state index in [0.29, 0.717) is 24.7 Å². The Labute approximate surface area is 206 Å². The molecule has 0 radical (unpaired) electrons. The number of nitrogens with zero attached hydrogens (tertiary/aromatic N) is 3. The first-order valence-electron chi connectivity index (χ1n) is 11.5. The first kappa shape index (κ1) is 26.2. The largest absolute Gasteiger partial charge is 0.394 e. The van der Waals surface area contributed by atoms with Gasteiger partial charge in [-0.25, -0.2) is 14.8 Å². The Kier molecular flexibility index (Phi) is 7.79. The molecule has 0 spiro atoms. The Morgan fingerprint density at radius 3 is 2.47 bits per heavy atom. The van der Waals surface area contributed by atoms with E-state index in [9.17, 15) is 9.90 Å². The SMILES string of the molecule is CSC(C)(C)c1cc(N2CCOCC2(C)C)nc(-c2ccc(NC(=O)NC(C)(C)CO)cc2)n1. The molecule has 2 aromatic rings. The zero-order chi connectivity index (χ0) is 25.1. The third-order valence-electron chi connectivity index (χ3n) is 6.01. The molecule has 2 heterocycles. The van der Waals surface area contributed by atoms with Crippen molar-refractivity contribution in [1.29, 1.82) is 0 Å². The highest BCUT2D eigenvalue weighted by molar-refractivity contribution is 7.99. The van der Waals surface area contributed by atoms with E-state index < -0.39 is 5.54 Å². The minimum atomic E-state index is -0.702. The number of hydrogen-bond acceptors (Lipinski definition) is 7. The number of aliphatic hydroxyl groups is 1. The van der Waals surface area contributed by atoms with Crippen LogP contribution in [0.15, 0.2) is 30.3 Å². The topological polar surface area (TPSA) is 99.6 Å². The summed E-state index contributed by atoms with van der Waals surface area (Å²) in [4.78, 5) is 24.4. The summed E-state index contributed by atoms with van der Waals surface area (Å²) in [5, 5.41) is 14.9. The third-order valence-corrected chi connectivity index (χ3v) is 7.24. The number of benzene rings is 1. The molecule has 8 nitrogen and oxygen atoms in total. The number of anilines is 2. The van der Waals surface area contributed by atoms with Gasteiger partial charge in [-0.2, -0.15) is 11.8 Å². The number of thioether (sulfide) groups is 1. The number of morpholine rings is 1. The van der Waals surface area contributed by atoms with Gasteiger partial charge in [0.25, 0.3) is 0 Å². The predicted octanol–water partition coefficient (Wildman–Crippen LogP) is 4.25. The highest BCUT2D eigenvalue weighted by Gasteiger charge is 2.33. The van der Waals surface area contributed by atoms with Gasteiger partial charge in [0, 0.05) is 23.9 Å². The standard InChI is InChI=1S/C25H37N5O3S/c1-23(2,15-31)29-22(32)26-18-10-8-17(9-11-18)21-27-19(25(5,6)34-7)14-20(28-21)30-12-13-33-16-24(30,3)4/h8-11,14,31H,12-13,15-16H2,1-7H3,(H2,26,29,32). The molecular weight excluding hydrogens is 450 g/mol. The normalized spacial score (nSPS) is 16.3. The third kappa shape index (κ3) is 6.20. The fourth-order valence-electron chi connectivity index (χ4n) is 3.61. The van der Waals surface area contributed by atoms with E-state index in [1.165, 1.54) is 0 Å². The van der Waals surface area contributed by atoms with Crippen LogP contribution in [0.3, 0.4) is 0 Å². The smallest absolute Gasteiger partial charge is 0.319 e. The number of hydrogen-bond donors (Lipinski definition) is 3. The lowest BCUT2D eigenvalue weighted by molar-refractivity contribution is 0.0639. The molecule has 0 atom stereocenters. The van der Waals surface area contributed by atoms with Crippen molar-refractivity contribution >= 4 is 29.3 Å². The first-order valence-corrected chi connectivity index (χ1v) is 12.7. The van der Waals surface area contributed by atoms with Gasteiger partial charge in [-0.05, 0) is 72.1 Å². The van der Waals surface area contributed by atoms with Crippen molar-refractivity contribution in [3.05, 3.63) is 36.0 Å². The molecule has 1 fully saturated rings. The van der Waals surface area contributed by atoms with Crippen molar-refractivity contribution in [2.75, 3.05) is 42.8 Å². The van der Waals surface area contributed by atoms with Gasteiger partial charge in [0.2, 0.25) is 0 Å². The maximum atomic E-state index is 12.2. The highest BCUT2D eigenvalue weighted by atomic mass is 32.2. The minimum Gasteiger partial charge on any atom is -0.394 e. The second-order valence-corrected chi connectivity index (χ2v) is 11.8. The fourth-order valence-corrected chi connectivity index (χ4v) is 3.92. The predicted molar refractivity (Wildman–Crippen MR) is 140 cm³/mol. The lowest BCUT2D eigenvalue weighted by Gasteiger charge is -2.43. The number of aromatic nitrogens is 2. The molecule has 0 aliphatic carbocycles. The Morgan fingerprint density at radius 2 is 1.88 bits per heavy atom. The molecule has 9 heteroatoms. The number of aliphatic hydroxyl groups excluding tert-OH is 1. The van der Waals surface area contributed by atoms with Crippen molar-refractivity contribution in [3.63, 3.8) is 0 Å². The average molecular weight is 488 g/mol. The highest BCUT2D eigenvalue weighted by Crippen LogP contribution is 2.36. The van der Waals surface area contributed by atoms with Crippen LogP contribution in [0.1, 0.15) is 47.2 Å². The molecule has 1 aliphatic heterocycles. The Hall–Kier alpha value is -2.36. The van der Waals surface area contributed by atoms with Gasteiger partial charge < -0.3 is 25.4 Å². The molecular formula is C25H37N5O3S. The van der Waals surface area contributed by atoms with E-state index >= 15 is 0 Å². The summed E-state index contributed by atoms with van der Waals surface area (Å²) in [6.45, 7) is 14.1. The quantitative estimate of drug-likeness (QED) is 0.537. The maximum Gasteiger partial charge on any atom is 0.319 e. The number of nitrogens with one attached hydrogen (secondary N) is 2. The number of urea groups is 1. The molecule has 2 amide bonds. The second-order valence-electron chi connectivity index (χ2n) is 10.4. The second kappa shape index (κ2) is 10.1.